The Balaban J connectivity index is 2.09. The van der Waals surface area contributed by atoms with E-state index in [-0.39, 0.29) is 4.64 Å². The minimum atomic E-state index is -5.71. The molecule has 30 heavy (non-hydrogen) atoms. The fraction of sp³-hybridized carbons (Fsp3) is 0.600. The normalized spacial score (nSPS) is 28.8. The third kappa shape index (κ3) is 6.69. The second-order valence-electron chi connectivity index (χ2n) is 5.91. The van der Waals surface area contributed by atoms with E-state index in [1.165, 1.54) is 6.20 Å². The fourth-order valence-corrected chi connectivity index (χ4v) is 5.51. The van der Waals surface area contributed by atoms with Gasteiger partial charge in [-0.3, -0.25) is 14.1 Å². The van der Waals surface area contributed by atoms with Crippen LogP contribution in [0.2, 0.25) is 0 Å². The van der Waals surface area contributed by atoms with Gasteiger partial charge in [0.1, 0.15) is 23.0 Å². The highest BCUT2D eigenvalue weighted by molar-refractivity contribution is 7.71. The highest BCUT2D eigenvalue weighted by atomic mass is 32.1. The molecule has 2 rings (SSSR count). The van der Waals surface area contributed by atoms with Crippen LogP contribution in [0.25, 0.3) is 0 Å². The molecule has 1 aliphatic heterocycles. The first-order chi connectivity index (χ1) is 13.5. The van der Waals surface area contributed by atoms with E-state index in [2.05, 4.69) is 18.1 Å². The summed E-state index contributed by atoms with van der Waals surface area (Å²) in [6.45, 7) is 0.550. The van der Waals surface area contributed by atoms with Gasteiger partial charge in [-0.15, -0.1) is 0 Å². The molecule has 1 aromatic heterocycles. The number of aromatic nitrogens is 2. The third-order valence-corrected chi connectivity index (χ3v) is 7.80. The summed E-state index contributed by atoms with van der Waals surface area (Å²) in [5.41, 5.74) is -0.345. The van der Waals surface area contributed by atoms with Gasteiger partial charge in [0.25, 0.3) is 0 Å². The van der Waals surface area contributed by atoms with Crippen molar-refractivity contribution in [1.82, 2.24) is 9.55 Å². The van der Waals surface area contributed by atoms with Crippen molar-refractivity contribution in [3.63, 3.8) is 0 Å². The van der Waals surface area contributed by atoms with Crippen molar-refractivity contribution in [1.29, 1.82) is 0 Å². The molecule has 1 aliphatic rings. The zero-order chi connectivity index (χ0) is 23.1. The first kappa shape index (κ1) is 25.6. The van der Waals surface area contributed by atoms with Crippen LogP contribution in [0.3, 0.4) is 0 Å². The molecule has 0 aliphatic carbocycles. The number of ether oxygens (including phenoxy) is 1. The van der Waals surface area contributed by atoms with Gasteiger partial charge < -0.3 is 34.5 Å². The van der Waals surface area contributed by atoms with E-state index < -0.39 is 60.3 Å². The minimum Gasteiger partial charge on any atom is -0.387 e. The lowest BCUT2D eigenvalue weighted by Crippen LogP contribution is -2.36. The molecule has 1 saturated heterocycles. The number of aliphatic hydroxyl groups is 2. The first-order valence-electron chi connectivity index (χ1n) is 7.63. The topological polar surface area (TPSA) is 247 Å². The molecular formula is C10H17N2O14P3S. The van der Waals surface area contributed by atoms with Crippen LogP contribution in [-0.2, 0) is 31.6 Å². The number of hydrogen-bond donors (Lipinski definition) is 7. The molecule has 1 aromatic rings. The highest BCUT2D eigenvalue weighted by Gasteiger charge is 2.46. The highest BCUT2D eigenvalue weighted by Crippen LogP contribution is 2.66. The maximum atomic E-state index is 12.0. The second kappa shape index (κ2) is 9.10. The maximum Gasteiger partial charge on any atom is 0.490 e. The molecule has 0 bridgehead atoms. The predicted octanol–water partition coefficient (Wildman–Crippen LogP) is -0.823. The molecule has 0 radical (unpaired) electrons. The van der Waals surface area contributed by atoms with E-state index in [4.69, 9.17) is 31.6 Å². The largest absolute Gasteiger partial charge is 0.490 e. The third-order valence-electron chi connectivity index (χ3n) is 3.58. The number of rotatable bonds is 8. The van der Waals surface area contributed by atoms with Crippen molar-refractivity contribution in [3.8, 4) is 0 Å². The average Bonchev–Trinajstić information content (AvgIpc) is 2.81. The quantitative estimate of drug-likeness (QED) is 0.165. The number of hydrogen-bond acceptors (Lipinski definition) is 11. The Labute approximate surface area is 172 Å². The molecule has 3 unspecified atom stereocenters. The van der Waals surface area contributed by atoms with E-state index in [9.17, 15) is 33.6 Å². The van der Waals surface area contributed by atoms with Gasteiger partial charge in [0.2, 0.25) is 0 Å². The standard InChI is InChI=1S/C10H17N2O14P3S/c1-4-2-12(10(15)11-8(4)30)9-7(14)6(13)5(24-9)3-23-28(19,20)26-29(21,22)25-27(16,17)18/h2,5-7,9,13-14H,3H2,1H3,(H,19,20)(H,21,22)(H,11,15,30)(H2,16,17,18)/t5-,6?,7+,9-/m0/s1. The van der Waals surface area contributed by atoms with Gasteiger partial charge in [-0.1, -0.05) is 12.2 Å². The number of nitrogens with zero attached hydrogens (tertiary/aromatic N) is 1. The van der Waals surface area contributed by atoms with Gasteiger partial charge in [0, 0.05) is 11.8 Å². The monoisotopic (exact) mass is 514 g/mol. The summed E-state index contributed by atoms with van der Waals surface area (Å²) < 4.78 is 51.3. The maximum absolute atomic E-state index is 12.0. The predicted molar refractivity (Wildman–Crippen MR) is 96.4 cm³/mol. The number of nitrogens with one attached hydrogen (secondary N) is 1. The molecule has 16 nitrogen and oxygen atoms in total. The smallest absolute Gasteiger partial charge is 0.387 e. The van der Waals surface area contributed by atoms with Crippen LogP contribution in [0, 0.1) is 11.6 Å². The molecule has 7 N–H and O–H groups in total. The molecule has 2 heterocycles. The van der Waals surface area contributed by atoms with Crippen molar-refractivity contribution in [2.45, 2.75) is 31.5 Å². The molecule has 0 saturated carbocycles. The molecule has 172 valence electrons. The van der Waals surface area contributed by atoms with Gasteiger partial charge in [0.15, 0.2) is 6.23 Å². The van der Waals surface area contributed by atoms with Crippen LogP contribution < -0.4 is 5.69 Å². The zero-order valence-corrected chi connectivity index (χ0v) is 18.2. The molecule has 6 atom stereocenters. The summed E-state index contributed by atoms with van der Waals surface area (Å²) >= 11 is 4.89. The lowest BCUT2D eigenvalue weighted by atomic mass is 10.1. The van der Waals surface area contributed by atoms with E-state index in [0.717, 1.165) is 4.57 Å². The molecule has 20 heteroatoms. The molecule has 0 spiro atoms. The summed E-state index contributed by atoms with van der Waals surface area (Å²) in [4.78, 5) is 49.8. The van der Waals surface area contributed by atoms with Crippen molar-refractivity contribution in [2.24, 2.45) is 0 Å². The number of H-pyrrole nitrogens is 1. The van der Waals surface area contributed by atoms with Crippen LogP contribution >= 0.6 is 35.7 Å². The molecule has 1 fully saturated rings. The van der Waals surface area contributed by atoms with E-state index in [0.29, 0.717) is 5.56 Å². The summed E-state index contributed by atoms with van der Waals surface area (Å²) in [5.74, 6) is 0. The Morgan fingerprint density at radius 2 is 1.73 bits per heavy atom. The summed E-state index contributed by atoms with van der Waals surface area (Å²) in [6.07, 6.45) is -5.16. The van der Waals surface area contributed by atoms with Crippen molar-refractivity contribution in [3.05, 3.63) is 26.9 Å². The SMILES string of the molecule is Cc1cn([C@H]2O[C@@H](COP(=O)(O)OP(=O)(O)OP(=O)(O)O)C(O)[C@H]2O)c(=O)[nH]c1=S. The van der Waals surface area contributed by atoms with Crippen molar-refractivity contribution < 1.29 is 61.4 Å². The number of phosphoric ester groups is 1. The van der Waals surface area contributed by atoms with E-state index in [1.807, 2.05) is 0 Å². The van der Waals surface area contributed by atoms with Crippen LogP contribution in [-0.4, -0.2) is 64.3 Å². The molecule has 0 aromatic carbocycles. The van der Waals surface area contributed by atoms with Crippen LogP contribution in [0.1, 0.15) is 11.8 Å². The van der Waals surface area contributed by atoms with Crippen LogP contribution in [0.15, 0.2) is 11.0 Å². The minimum absolute atomic E-state index is 0.133. The lowest BCUT2D eigenvalue weighted by Gasteiger charge is -2.19. The number of aryl methyl sites for hydroxylation is 1. The Morgan fingerprint density at radius 3 is 2.30 bits per heavy atom. The summed E-state index contributed by atoms with van der Waals surface area (Å²) in [5, 5.41) is 20.2. The second-order valence-corrected chi connectivity index (χ2v) is 10.7. The van der Waals surface area contributed by atoms with Crippen LogP contribution in [0.5, 0.6) is 0 Å². The molecular weight excluding hydrogens is 497 g/mol. The van der Waals surface area contributed by atoms with E-state index in [1.54, 1.807) is 6.92 Å². The van der Waals surface area contributed by atoms with E-state index >= 15 is 0 Å². The Bertz CT molecular complexity index is 1050. The summed E-state index contributed by atoms with van der Waals surface area (Å²) in [6, 6.07) is 0. The number of phosphoric acid groups is 3. The van der Waals surface area contributed by atoms with Gasteiger partial charge >= 0.3 is 29.2 Å². The Morgan fingerprint density at radius 1 is 1.13 bits per heavy atom. The van der Waals surface area contributed by atoms with Gasteiger partial charge in [-0.2, -0.15) is 8.62 Å². The number of aliphatic hydroxyl groups excluding tert-OH is 2. The first-order valence-corrected chi connectivity index (χ1v) is 12.6. The van der Waals surface area contributed by atoms with Gasteiger partial charge in [-0.05, 0) is 6.92 Å². The van der Waals surface area contributed by atoms with Crippen LogP contribution in [0.4, 0.5) is 0 Å². The Hall–Kier alpha value is -0.610. The van der Waals surface area contributed by atoms with Crippen molar-refractivity contribution >= 4 is 35.7 Å². The zero-order valence-electron chi connectivity index (χ0n) is 14.7. The number of aromatic amines is 1. The lowest BCUT2D eigenvalue weighted by molar-refractivity contribution is -0.0542. The van der Waals surface area contributed by atoms with Crippen molar-refractivity contribution in [2.75, 3.05) is 6.61 Å². The Kier molecular flexibility index (Phi) is 7.78. The fourth-order valence-electron chi connectivity index (χ4n) is 2.34. The van der Waals surface area contributed by atoms with Gasteiger partial charge in [0.05, 0.1) is 6.61 Å². The van der Waals surface area contributed by atoms with Gasteiger partial charge in [-0.25, -0.2) is 18.5 Å². The average molecular weight is 514 g/mol. The summed E-state index contributed by atoms with van der Waals surface area (Å²) in [7, 11) is -16.7. The molecule has 0 amide bonds.